The lowest BCUT2D eigenvalue weighted by Gasteiger charge is -2.37. The largest absolute Gasteiger partial charge is 0.389 e. The van der Waals surface area contributed by atoms with Crippen LogP contribution in [0, 0.1) is 12.3 Å². The van der Waals surface area contributed by atoms with Gasteiger partial charge in [0, 0.05) is 19.5 Å². The van der Waals surface area contributed by atoms with Crippen molar-refractivity contribution in [3.05, 3.63) is 35.9 Å². The van der Waals surface area contributed by atoms with Gasteiger partial charge in [-0.1, -0.05) is 36.3 Å². The molecule has 1 aromatic rings. The summed E-state index contributed by atoms with van der Waals surface area (Å²) in [5.41, 5.74) is 0.660. The van der Waals surface area contributed by atoms with Gasteiger partial charge < -0.3 is 5.11 Å². The van der Waals surface area contributed by atoms with Crippen LogP contribution in [0.3, 0.4) is 0 Å². The number of aliphatic hydroxyl groups is 1. The summed E-state index contributed by atoms with van der Waals surface area (Å²) in [6.07, 6.45) is 7.66. The quantitative estimate of drug-likeness (QED) is 0.797. The van der Waals surface area contributed by atoms with E-state index in [0.717, 1.165) is 32.4 Å². The van der Waals surface area contributed by atoms with E-state index >= 15 is 0 Å². The van der Waals surface area contributed by atoms with Gasteiger partial charge in [-0.3, -0.25) is 4.90 Å². The average molecular weight is 229 g/mol. The van der Waals surface area contributed by atoms with E-state index in [0.29, 0.717) is 6.54 Å². The Bertz CT molecular complexity index is 385. The van der Waals surface area contributed by atoms with Gasteiger partial charge >= 0.3 is 0 Å². The molecular formula is C15H19NO. The number of benzene rings is 1. The molecule has 0 saturated carbocycles. The van der Waals surface area contributed by atoms with Crippen molar-refractivity contribution in [2.75, 3.05) is 19.6 Å². The number of terminal acetylenes is 1. The fourth-order valence-corrected chi connectivity index (χ4v) is 2.41. The minimum absolute atomic E-state index is 0.549. The lowest BCUT2D eigenvalue weighted by Crippen LogP contribution is -2.45. The van der Waals surface area contributed by atoms with Crippen LogP contribution in [0.5, 0.6) is 0 Å². The van der Waals surface area contributed by atoms with Gasteiger partial charge in [0.05, 0.1) is 12.1 Å². The van der Waals surface area contributed by atoms with Gasteiger partial charge in [0.15, 0.2) is 0 Å². The highest BCUT2D eigenvalue weighted by Crippen LogP contribution is 2.26. The maximum atomic E-state index is 10.5. The summed E-state index contributed by atoms with van der Waals surface area (Å²) in [4.78, 5) is 2.22. The molecule has 1 fully saturated rings. The molecule has 0 aliphatic carbocycles. The first kappa shape index (κ1) is 12.2. The molecule has 17 heavy (non-hydrogen) atoms. The second-order valence-electron chi connectivity index (χ2n) is 4.87. The molecule has 1 N–H and O–H groups in total. The Kier molecular flexibility index (Phi) is 3.83. The fourth-order valence-electron chi connectivity index (χ4n) is 2.41. The zero-order valence-electron chi connectivity index (χ0n) is 10.1. The lowest BCUT2D eigenvalue weighted by atomic mass is 9.85. The van der Waals surface area contributed by atoms with Crippen molar-refractivity contribution in [3.8, 4) is 12.3 Å². The SMILES string of the molecule is C#CCN1CCC(O)(Cc2ccccc2)CC1. The highest BCUT2D eigenvalue weighted by molar-refractivity contribution is 5.17. The van der Waals surface area contributed by atoms with Crippen LogP contribution in [0.1, 0.15) is 18.4 Å². The van der Waals surface area contributed by atoms with Gasteiger partial charge in [-0.25, -0.2) is 0 Å². The van der Waals surface area contributed by atoms with Crippen LogP contribution in [0.15, 0.2) is 30.3 Å². The standard InChI is InChI=1S/C15H19NO/c1-2-10-16-11-8-15(17,9-12-16)13-14-6-4-3-5-7-14/h1,3-7,17H,8-13H2. The highest BCUT2D eigenvalue weighted by Gasteiger charge is 2.31. The molecular weight excluding hydrogens is 210 g/mol. The number of likely N-dealkylation sites (tertiary alicyclic amines) is 1. The summed E-state index contributed by atoms with van der Waals surface area (Å²) < 4.78 is 0. The molecule has 1 aliphatic heterocycles. The number of rotatable bonds is 3. The molecule has 0 atom stereocenters. The van der Waals surface area contributed by atoms with Crippen molar-refractivity contribution >= 4 is 0 Å². The Morgan fingerprint density at radius 2 is 1.88 bits per heavy atom. The van der Waals surface area contributed by atoms with E-state index < -0.39 is 5.60 Å². The van der Waals surface area contributed by atoms with Crippen LogP contribution in [0.25, 0.3) is 0 Å². The molecule has 0 radical (unpaired) electrons. The first-order chi connectivity index (χ1) is 8.22. The van der Waals surface area contributed by atoms with Crippen LogP contribution in [0.2, 0.25) is 0 Å². The van der Waals surface area contributed by atoms with Gasteiger partial charge in [0.25, 0.3) is 0 Å². The van der Waals surface area contributed by atoms with Crippen LogP contribution in [0.4, 0.5) is 0 Å². The Morgan fingerprint density at radius 1 is 1.24 bits per heavy atom. The summed E-state index contributed by atoms with van der Waals surface area (Å²) in [6.45, 7) is 2.49. The predicted octanol–water partition coefficient (Wildman–Crippen LogP) is 1.69. The second kappa shape index (κ2) is 5.35. The summed E-state index contributed by atoms with van der Waals surface area (Å²) in [5, 5.41) is 10.5. The second-order valence-corrected chi connectivity index (χ2v) is 4.87. The number of hydrogen-bond acceptors (Lipinski definition) is 2. The van der Waals surface area contributed by atoms with Crippen molar-refractivity contribution in [2.24, 2.45) is 0 Å². The fraction of sp³-hybridized carbons (Fsp3) is 0.467. The Labute approximate surface area is 103 Å². The summed E-state index contributed by atoms with van der Waals surface area (Å²) >= 11 is 0. The molecule has 1 saturated heterocycles. The normalized spacial score (nSPS) is 19.8. The van der Waals surface area contributed by atoms with E-state index in [1.807, 2.05) is 18.2 Å². The van der Waals surface area contributed by atoms with Gasteiger partial charge in [-0.05, 0) is 18.4 Å². The Hall–Kier alpha value is -1.30. The monoisotopic (exact) mass is 229 g/mol. The van der Waals surface area contributed by atoms with E-state index in [1.165, 1.54) is 5.56 Å². The van der Waals surface area contributed by atoms with E-state index in [4.69, 9.17) is 6.42 Å². The van der Waals surface area contributed by atoms with Crippen LogP contribution in [-0.4, -0.2) is 35.2 Å². The first-order valence-corrected chi connectivity index (χ1v) is 6.14. The third-order valence-electron chi connectivity index (χ3n) is 3.48. The number of hydrogen-bond donors (Lipinski definition) is 1. The van der Waals surface area contributed by atoms with E-state index in [9.17, 15) is 5.11 Å². The van der Waals surface area contributed by atoms with Gasteiger partial charge in [-0.15, -0.1) is 6.42 Å². The molecule has 1 aromatic carbocycles. The highest BCUT2D eigenvalue weighted by atomic mass is 16.3. The molecule has 0 spiro atoms. The smallest absolute Gasteiger partial charge is 0.0712 e. The van der Waals surface area contributed by atoms with E-state index in [2.05, 4.69) is 23.0 Å². The van der Waals surface area contributed by atoms with Crippen LogP contribution >= 0.6 is 0 Å². The zero-order valence-corrected chi connectivity index (χ0v) is 10.1. The molecule has 0 unspecified atom stereocenters. The minimum Gasteiger partial charge on any atom is -0.389 e. The molecule has 2 heteroatoms. The summed E-state index contributed by atoms with van der Waals surface area (Å²) in [6, 6.07) is 10.2. The van der Waals surface area contributed by atoms with Gasteiger partial charge in [0.1, 0.15) is 0 Å². The zero-order chi connectivity index (χ0) is 12.1. The predicted molar refractivity (Wildman–Crippen MR) is 69.6 cm³/mol. The van der Waals surface area contributed by atoms with Crippen molar-refractivity contribution in [1.82, 2.24) is 4.90 Å². The Morgan fingerprint density at radius 3 is 2.47 bits per heavy atom. The molecule has 0 aromatic heterocycles. The summed E-state index contributed by atoms with van der Waals surface area (Å²) in [5.74, 6) is 2.66. The Balaban J connectivity index is 1.92. The van der Waals surface area contributed by atoms with Crippen LogP contribution in [-0.2, 0) is 6.42 Å². The molecule has 0 amide bonds. The molecule has 90 valence electrons. The van der Waals surface area contributed by atoms with E-state index in [-0.39, 0.29) is 0 Å². The molecule has 0 bridgehead atoms. The van der Waals surface area contributed by atoms with Crippen LogP contribution < -0.4 is 0 Å². The minimum atomic E-state index is -0.549. The maximum absolute atomic E-state index is 10.5. The molecule has 2 nitrogen and oxygen atoms in total. The average Bonchev–Trinajstić information content (AvgIpc) is 2.34. The van der Waals surface area contributed by atoms with Gasteiger partial charge in [0.2, 0.25) is 0 Å². The number of nitrogens with zero attached hydrogens (tertiary/aromatic N) is 1. The van der Waals surface area contributed by atoms with Crippen molar-refractivity contribution < 1.29 is 5.11 Å². The third kappa shape index (κ3) is 3.33. The first-order valence-electron chi connectivity index (χ1n) is 6.14. The van der Waals surface area contributed by atoms with Crippen molar-refractivity contribution in [2.45, 2.75) is 24.9 Å². The lowest BCUT2D eigenvalue weighted by molar-refractivity contribution is -0.0177. The summed E-state index contributed by atoms with van der Waals surface area (Å²) in [7, 11) is 0. The van der Waals surface area contributed by atoms with Gasteiger partial charge in [-0.2, -0.15) is 0 Å². The molecule has 1 heterocycles. The maximum Gasteiger partial charge on any atom is 0.0712 e. The molecule has 2 rings (SSSR count). The van der Waals surface area contributed by atoms with Crippen molar-refractivity contribution in [3.63, 3.8) is 0 Å². The number of piperidine rings is 1. The topological polar surface area (TPSA) is 23.5 Å². The van der Waals surface area contributed by atoms with Crippen molar-refractivity contribution in [1.29, 1.82) is 0 Å². The third-order valence-corrected chi connectivity index (χ3v) is 3.48. The van der Waals surface area contributed by atoms with E-state index in [1.54, 1.807) is 0 Å². The molecule has 1 aliphatic rings.